The van der Waals surface area contributed by atoms with Gasteiger partial charge in [0.25, 0.3) is 0 Å². The normalized spacial score (nSPS) is 21.6. The Kier molecular flexibility index (Phi) is 3.95. The molecule has 1 atom stereocenters. The second-order valence-electron chi connectivity index (χ2n) is 6.88. The van der Waals surface area contributed by atoms with Gasteiger partial charge in [-0.05, 0) is 37.8 Å². The van der Waals surface area contributed by atoms with Crippen molar-refractivity contribution in [2.75, 3.05) is 20.3 Å². The molecule has 0 radical (unpaired) electrons. The molecule has 1 saturated carbocycles. The topological polar surface area (TPSA) is 56.3 Å². The largest absolute Gasteiger partial charge is 0.465 e. The number of rotatable bonds is 6. The lowest BCUT2D eigenvalue weighted by molar-refractivity contribution is 0.127. The minimum Gasteiger partial charge on any atom is -0.465 e. The molecule has 23 heavy (non-hydrogen) atoms. The van der Waals surface area contributed by atoms with Gasteiger partial charge in [-0.3, -0.25) is 4.90 Å². The molecule has 4 rings (SSSR count). The van der Waals surface area contributed by atoms with Crippen LogP contribution in [-0.2, 0) is 24.4 Å². The van der Waals surface area contributed by atoms with E-state index in [1.807, 2.05) is 13.0 Å². The Morgan fingerprint density at radius 3 is 2.91 bits per heavy atom. The monoisotopic (exact) mass is 316 g/mol. The first kappa shape index (κ1) is 14.9. The third-order valence-electron chi connectivity index (χ3n) is 4.76. The molecule has 1 aliphatic heterocycles. The predicted molar refractivity (Wildman–Crippen MR) is 84.9 cm³/mol. The summed E-state index contributed by atoms with van der Waals surface area (Å²) in [5.41, 5.74) is 2.38. The molecule has 1 unspecified atom stereocenters. The van der Waals surface area contributed by atoms with E-state index in [0.29, 0.717) is 12.5 Å². The Morgan fingerprint density at radius 2 is 2.22 bits per heavy atom. The number of aromatic nitrogens is 3. The van der Waals surface area contributed by atoms with E-state index < -0.39 is 0 Å². The molecular formula is C17H24N4O2. The molecule has 6 heteroatoms. The van der Waals surface area contributed by atoms with Crippen LogP contribution >= 0.6 is 0 Å². The van der Waals surface area contributed by atoms with Gasteiger partial charge in [-0.15, -0.1) is 5.10 Å². The Bertz CT molecular complexity index is 674. The van der Waals surface area contributed by atoms with Gasteiger partial charge in [-0.1, -0.05) is 5.21 Å². The summed E-state index contributed by atoms with van der Waals surface area (Å²) >= 11 is 0. The van der Waals surface area contributed by atoms with Crippen LogP contribution in [0.25, 0.3) is 0 Å². The first-order valence-electron chi connectivity index (χ1n) is 8.42. The fourth-order valence-corrected chi connectivity index (χ4v) is 3.51. The van der Waals surface area contributed by atoms with E-state index >= 15 is 0 Å². The molecule has 0 bridgehead atoms. The molecule has 0 aromatic carbocycles. The van der Waals surface area contributed by atoms with E-state index in [0.717, 1.165) is 49.3 Å². The second kappa shape index (κ2) is 6.09. The third kappa shape index (κ3) is 3.19. The Labute approximate surface area is 136 Å². The summed E-state index contributed by atoms with van der Waals surface area (Å²) in [6.45, 7) is 6.30. The average Bonchev–Trinajstić information content (AvgIpc) is 3.11. The van der Waals surface area contributed by atoms with Crippen molar-refractivity contribution in [1.29, 1.82) is 0 Å². The maximum absolute atomic E-state index is 5.72. The minimum atomic E-state index is 0.327. The zero-order chi connectivity index (χ0) is 15.8. The van der Waals surface area contributed by atoms with Crippen LogP contribution in [0, 0.1) is 12.8 Å². The summed E-state index contributed by atoms with van der Waals surface area (Å²) in [7, 11) is 1.77. The van der Waals surface area contributed by atoms with E-state index in [4.69, 9.17) is 9.15 Å². The lowest BCUT2D eigenvalue weighted by Crippen LogP contribution is -2.36. The number of fused-ring (bicyclic) bond motifs is 1. The summed E-state index contributed by atoms with van der Waals surface area (Å²) in [6.07, 6.45) is 2.65. The lowest BCUT2D eigenvalue weighted by atomic mass is 9.98. The number of aryl methyl sites for hydroxylation is 1. The molecule has 2 aromatic rings. The molecular weight excluding hydrogens is 292 g/mol. The lowest BCUT2D eigenvalue weighted by Gasteiger charge is -2.31. The van der Waals surface area contributed by atoms with Gasteiger partial charge in [-0.2, -0.15) is 0 Å². The van der Waals surface area contributed by atoms with Crippen molar-refractivity contribution in [3.05, 3.63) is 35.0 Å². The standard InChI is InChI=1S/C17H24N4O2/c1-12-3-6-15(23-12)9-20-8-14(11-22-2)17-16(10-20)18-19-21(17)7-13-4-5-13/h3,6,13-14H,4-5,7-11H2,1-2H3. The van der Waals surface area contributed by atoms with Crippen molar-refractivity contribution < 1.29 is 9.15 Å². The van der Waals surface area contributed by atoms with E-state index in [1.54, 1.807) is 7.11 Å². The van der Waals surface area contributed by atoms with Crippen LogP contribution in [-0.4, -0.2) is 40.2 Å². The molecule has 124 valence electrons. The minimum absolute atomic E-state index is 0.327. The first-order valence-corrected chi connectivity index (χ1v) is 8.42. The molecule has 6 nitrogen and oxygen atoms in total. The number of hydrogen-bond acceptors (Lipinski definition) is 5. The second-order valence-corrected chi connectivity index (χ2v) is 6.88. The number of nitrogens with zero attached hydrogens (tertiary/aromatic N) is 4. The van der Waals surface area contributed by atoms with E-state index in [9.17, 15) is 0 Å². The molecule has 0 saturated heterocycles. The molecule has 2 aromatic heterocycles. The Balaban J connectivity index is 1.54. The van der Waals surface area contributed by atoms with Gasteiger partial charge in [0.05, 0.1) is 18.8 Å². The van der Waals surface area contributed by atoms with Crippen molar-refractivity contribution in [3.63, 3.8) is 0 Å². The zero-order valence-electron chi connectivity index (χ0n) is 13.9. The van der Waals surface area contributed by atoms with Crippen LogP contribution in [0.4, 0.5) is 0 Å². The fraction of sp³-hybridized carbons (Fsp3) is 0.647. The van der Waals surface area contributed by atoms with Crippen LogP contribution in [0.5, 0.6) is 0 Å². The number of methoxy groups -OCH3 is 1. The van der Waals surface area contributed by atoms with Crippen molar-refractivity contribution in [2.24, 2.45) is 5.92 Å². The van der Waals surface area contributed by atoms with Crippen molar-refractivity contribution in [3.8, 4) is 0 Å². The molecule has 1 aliphatic carbocycles. The molecule has 0 N–H and O–H groups in total. The maximum Gasteiger partial charge on any atom is 0.118 e. The van der Waals surface area contributed by atoms with Crippen molar-refractivity contribution >= 4 is 0 Å². The quantitative estimate of drug-likeness (QED) is 0.819. The molecule has 2 aliphatic rings. The number of hydrogen-bond donors (Lipinski definition) is 0. The fourth-order valence-electron chi connectivity index (χ4n) is 3.51. The zero-order valence-corrected chi connectivity index (χ0v) is 13.9. The highest BCUT2D eigenvalue weighted by molar-refractivity contribution is 5.20. The summed E-state index contributed by atoms with van der Waals surface area (Å²) in [4.78, 5) is 2.38. The third-order valence-corrected chi connectivity index (χ3v) is 4.76. The Morgan fingerprint density at radius 1 is 1.35 bits per heavy atom. The van der Waals surface area contributed by atoms with Crippen LogP contribution in [0.3, 0.4) is 0 Å². The summed E-state index contributed by atoms with van der Waals surface area (Å²) in [5.74, 6) is 3.09. The molecule has 0 spiro atoms. The van der Waals surface area contributed by atoms with E-state index in [2.05, 4.69) is 26.0 Å². The number of ether oxygens (including phenoxy) is 1. The Hall–Kier alpha value is -1.66. The van der Waals surface area contributed by atoms with Crippen LogP contribution in [0.1, 0.15) is 41.7 Å². The van der Waals surface area contributed by atoms with Gasteiger partial charge in [0, 0.05) is 32.7 Å². The maximum atomic E-state index is 5.72. The van der Waals surface area contributed by atoms with Gasteiger partial charge in [0.15, 0.2) is 0 Å². The van der Waals surface area contributed by atoms with E-state index in [-0.39, 0.29) is 0 Å². The van der Waals surface area contributed by atoms with Gasteiger partial charge < -0.3 is 9.15 Å². The van der Waals surface area contributed by atoms with Gasteiger partial charge in [0.2, 0.25) is 0 Å². The SMILES string of the molecule is COCC1CN(Cc2ccc(C)o2)Cc2nnn(CC3CC3)c21. The highest BCUT2D eigenvalue weighted by Crippen LogP contribution is 2.34. The van der Waals surface area contributed by atoms with Crippen LogP contribution in [0.15, 0.2) is 16.5 Å². The van der Waals surface area contributed by atoms with Crippen LogP contribution in [0.2, 0.25) is 0 Å². The summed E-state index contributed by atoms with van der Waals surface area (Å²) in [5, 5.41) is 8.87. The smallest absolute Gasteiger partial charge is 0.118 e. The van der Waals surface area contributed by atoms with E-state index in [1.165, 1.54) is 18.5 Å². The van der Waals surface area contributed by atoms with Gasteiger partial charge >= 0.3 is 0 Å². The molecule has 0 amide bonds. The number of furan rings is 1. The highest BCUT2D eigenvalue weighted by atomic mass is 16.5. The highest BCUT2D eigenvalue weighted by Gasteiger charge is 2.33. The molecule has 3 heterocycles. The van der Waals surface area contributed by atoms with Crippen molar-refractivity contribution in [2.45, 2.75) is 45.3 Å². The van der Waals surface area contributed by atoms with Gasteiger partial charge in [-0.25, -0.2) is 4.68 Å². The predicted octanol–water partition coefficient (Wildman–Crippen LogP) is 2.34. The van der Waals surface area contributed by atoms with Crippen molar-refractivity contribution in [1.82, 2.24) is 19.9 Å². The van der Waals surface area contributed by atoms with Crippen LogP contribution < -0.4 is 0 Å². The summed E-state index contributed by atoms with van der Waals surface area (Å²) < 4.78 is 13.3. The average molecular weight is 316 g/mol. The molecule has 1 fully saturated rings. The first-order chi connectivity index (χ1) is 11.2. The summed E-state index contributed by atoms with van der Waals surface area (Å²) in [6, 6.07) is 4.07. The van der Waals surface area contributed by atoms with Gasteiger partial charge in [0.1, 0.15) is 17.2 Å².